The highest BCUT2D eigenvalue weighted by Gasteiger charge is 2.28. The second-order valence-corrected chi connectivity index (χ2v) is 11.3. The highest BCUT2D eigenvalue weighted by Crippen LogP contribution is 2.29. The fourth-order valence-electron chi connectivity index (χ4n) is 5.37. The van der Waals surface area contributed by atoms with E-state index in [1.807, 2.05) is 24.3 Å². The van der Waals surface area contributed by atoms with Crippen LogP contribution >= 0.6 is 0 Å². The van der Waals surface area contributed by atoms with Crippen molar-refractivity contribution in [1.29, 1.82) is 21.0 Å². The molecule has 0 spiro atoms. The number of rotatable bonds is 12. The number of benzene rings is 3. The number of esters is 2. The molecule has 0 saturated heterocycles. The molecule has 0 aliphatic heterocycles. The average molecular weight is 751 g/mol. The van der Waals surface area contributed by atoms with E-state index in [0.717, 1.165) is 0 Å². The van der Waals surface area contributed by atoms with Crippen molar-refractivity contribution >= 4 is 35.2 Å². The number of ether oxygens (including phenoxy) is 2. The lowest BCUT2D eigenvalue weighted by Crippen LogP contribution is -2.34. The molecule has 57 heavy (non-hydrogen) atoms. The minimum absolute atomic E-state index is 0.00896. The summed E-state index contributed by atoms with van der Waals surface area (Å²) >= 11 is 0. The number of para-hydroxylation sites is 1. The van der Waals surface area contributed by atoms with Crippen molar-refractivity contribution < 1.29 is 33.2 Å². The summed E-state index contributed by atoms with van der Waals surface area (Å²) in [5, 5.41) is 50.5. The summed E-state index contributed by atoms with van der Waals surface area (Å²) in [6, 6.07) is 27.1. The normalized spacial score (nSPS) is 12.5. The Bertz CT molecular complexity index is 2610. The Balaban J connectivity index is 1.77. The molecule has 0 amide bonds. The second kappa shape index (κ2) is 19.7. The van der Waals surface area contributed by atoms with Gasteiger partial charge in [0.15, 0.2) is 6.07 Å². The van der Waals surface area contributed by atoms with Gasteiger partial charge in [0.25, 0.3) is 11.4 Å². The standard InChI is InChI=1S/C44H27N7O6/c1-49-36(27-47)40(29-17-21-31(22-18-29)42(52)55-3)33(25-45)11-8-9-15-38-44(54)57-39(51(38)35-13-6-5-7-14-35)16-10-12-34(26-46)41(37(28-48)50-2)30-19-23-32(24-20-30)43(53)56-4/h5-24,36H,3-4H3/p+1. The van der Waals surface area contributed by atoms with E-state index in [1.54, 1.807) is 34.9 Å². The van der Waals surface area contributed by atoms with Crippen molar-refractivity contribution in [2.75, 3.05) is 14.2 Å². The lowest BCUT2D eigenvalue weighted by atomic mass is 9.93. The first kappa shape index (κ1) is 40.8. The minimum Gasteiger partial charge on any atom is -0.476 e. The summed E-state index contributed by atoms with van der Waals surface area (Å²) in [5.41, 5.74) is 1.72. The van der Waals surface area contributed by atoms with Crippen LogP contribution in [-0.4, -0.2) is 37.3 Å². The first-order valence-electron chi connectivity index (χ1n) is 16.5. The number of nitriles is 4. The largest absolute Gasteiger partial charge is 0.476 e. The molecule has 13 heteroatoms. The molecule has 1 unspecified atom stereocenters. The minimum atomic E-state index is -1.33. The molecular weight excluding hydrogens is 723 g/mol. The van der Waals surface area contributed by atoms with Gasteiger partial charge in [-0.2, -0.15) is 15.8 Å². The number of aromatic hydroxyl groups is 1. The number of carbonyl (C=O) groups excluding carboxylic acids is 2. The van der Waals surface area contributed by atoms with E-state index in [2.05, 4.69) is 9.69 Å². The van der Waals surface area contributed by atoms with Crippen LogP contribution in [0.5, 0.6) is 5.95 Å². The first-order valence-corrected chi connectivity index (χ1v) is 16.5. The van der Waals surface area contributed by atoms with Crippen LogP contribution in [0.1, 0.15) is 43.4 Å². The lowest BCUT2D eigenvalue weighted by Gasteiger charge is -2.08. The van der Waals surface area contributed by atoms with Crippen molar-refractivity contribution in [1.82, 2.24) is 0 Å². The Hall–Kier alpha value is -9.01. The van der Waals surface area contributed by atoms with Gasteiger partial charge >= 0.3 is 29.8 Å². The number of hydrogen-bond donors (Lipinski definition) is 1. The van der Waals surface area contributed by atoms with Crippen LogP contribution in [0.2, 0.25) is 0 Å². The lowest BCUT2D eigenvalue weighted by molar-refractivity contribution is -0.603. The molecule has 4 rings (SSSR count). The van der Waals surface area contributed by atoms with Gasteiger partial charge in [-0.15, -0.1) is 4.57 Å². The summed E-state index contributed by atoms with van der Waals surface area (Å²) in [6.45, 7) is 15.1. The molecule has 4 aromatic rings. The molecule has 0 fully saturated rings. The fraction of sp³-hybridized carbons (Fsp3) is 0.0682. The summed E-state index contributed by atoms with van der Waals surface area (Å²) in [4.78, 5) is 30.5. The van der Waals surface area contributed by atoms with Crippen molar-refractivity contribution in [2.45, 2.75) is 6.04 Å². The molecule has 3 aromatic carbocycles. The van der Waals surface area contributed by atoms with Crippen LogP contribution < -0.4 is 4.57 Å². The summed E-state index contributed by atoms with van der Waals surface area (Å²) in [7, 11) is 2.47. The topological polar surface area (TPSA) is 194 Å². The number of hydrogen-bond acceptors (Lipinski definition) is 10. The van der Waals surface area contributed by atoms with Crippen molar-refractivity contribution in [3.63, 3.8) is 0 Å². The van der Waals surface area contributed by atoms with Gasteiger partial charge in [-0.1, -0.05) is 60.7 Å². The zero-order valence-electron chi connectivity index (χ0n) is 30.2. The zero-order chi connectivity index (χ0) is 41.3. The Kier molecular flexibility index (Phi) is 14.1. The van der Waals surface area contributed by atoms with Gasteiger partial charge in [0.05, 0.1) is 72.9 Å². The summed E-state index contributed by atoms with van der Waals surface area (Å²) in [5.74, 6) is -1.54. The molecule has 0 radical (unpaired) electrons. The molecule has 0 bridgehead atoms. The summed E-state index contributed by atoms with van der Waals surface area (Å²) < 4.78 is 16.7. The molecule has 13 nitrogen and oxygen atoms in total. The van der Waals surface area contributed by atoms with E-state index < -0.39 is 23.9 Å². The van der Waals surface area contributed by atoms with Gasteiger partial charge in [0, 0.05) is 23.8 Å². The SMILES string of the molecule is [C-]#[N+]C(C#N)=C(C(C#N)=CC=Cc1oc(O)c(C=CC=CC(C#N)=C(c2ccc(C(=O)OC)cc2)C(C#N)[N+]#[C-])[n+]1-c1ccccc1)c1ccc(C(=O)OC)cc1. The maximum atomic E-state index is 11.9. The first-order chi connectivity index (χ1) is 27.7. The predicted octanol–water partition coefficient (Wildman–Crippen LogP) is 7.51. The Labute approximate surface area is 327 Å². The van der Waals surface area contributed by atoms with E-state index in [0.29, 0.717) is 16.8 Å². The number of methoxy groups -OCH3 is 2. The van der Waals surface area contributed by atoms with E-state index in [1.165, 1.54) is 105 Å². The highest BCUT2D eigenvalue weighted by atomic mass is 16.5. The summed E-state index contributed by atoms with van der Waals surface area (Å²) in [6.07, 6.45) is 10.2. The van der Waals surface area contributed by atoms with Gasteiger partial charge in [-0.25, -0.2) is 26.3 Å². The molecule has 0 saturated carbocycles. The molecule has 1 atom stereocenters. The van der Waals surface area contributed by atoms with Gasteiger partial charge < -0.3 is 19.0 Å². The van der Waals surface area contributed by atoms with Crippen LogP contribution in [0.15, 0.2) is 131 Å². The fourth-order valence-corrected chi connectivity index (χ4v) is 5.37. The monoisotopic (exact) mass is 750 g/mol. The number of carbonyl (C=O) groups is 2. The predicted molar refractivity (Wildman–Crippen MR) is 206 cm³/mol. The van der Waals surface area contributed by atoms with E-state index in [4.69, 9.17) is 27.0 Å². The highest BCUT2D eigenvalue weighted by molar-refractivity contribution is 5.92. The third kappa shape index (κ3) is 9.51. The van der Waals surface area contributed by atoms with E-state index in [9.17, 15) is 35.7 Å². The second-order valence-electron chi connectivity index (χ2n) is 11.3. The van der Waals surface area contributed by atoms with Gasteiger partial charge in [-0.05, 0) is 47.5 Å². The van der Waals surface area contributed by atoms with Gasteiger partial charge in [-0.3, -0.25) is 4.85 Å². The van der Waals surface area contributed by atoms with Crippen LogP contribution in [0, 0.1) is 58.5 Å². The smallest absolute Gasteiger partial charge is 0.382 e. The molecule has 1 N–H and O–H groups in total. The Morgan fingerprint density at radius 3 is 1.89 bits per heavy atom. The molecule has 1 aromatic heterocycles. The van der Waals surface area contributed by atoms with Crippen molar-refractivity contribution in [3.8, 4) is 35.9 Å². The van der Waals surface area contributed by atoms with E-state index in [-0.39, 0.29) is 50.7 Å². The number of allylic oxidation sites excluding steroid dienone is 9. The third-order valence-corrected chi connectivity index (χ3v) is 8.02. The van der Waals surface area contributed by atoms with E-state index >= 15 is 0 Å². The van der Waals surface area contributed by atoms with Crippen molar-refractivity contribution in [2.24, 2.45) is 0 Å². The maximum Gasteiger partial charge on any atom is 0.382 e. The van der Waals surface area contributed by atoms with Crippen LogP contribution in [-0.2, 0) is 9.47 Å². The molecular formula is C44H28N7O6+. The number of aromatic nitrogens is 1. The molecule has 0 aliphatic rings. The van der Waals surface area contributed by atoms with Crippen LogP contribution in [0.4, 0.5) is 0 Å². The maximum absolute atomic E-state index is 11.9. The third-order valence-electron chi connectivity index (χ3n) is 8.02. The number of nitrogens with zero attached hydrogens (tertiary/aromatic N) is 7. The van der Waals surface area contributed by atoms with Crippen molar-refractivity contribution in [3.05, 3.63) is 183 Å². The Morgan fingerprint density at radius 1 is 0.789 bits per heavy atom. The van der Waals surface area contributed by atoms with Crippen LogP contribution in [0.3, 0.4) is 0 Å². The zero-order valence-corrected chi connectivity index (χ0v) is 30.2. The molecule has 1 heterocycles. The molecule has 274 valence electrons. The molecule has 0 aliphatic carbocycles. The quantitative estimate of drug-likeness (QED) is 0.0498. The van der Waals surface area contributed by atoms with Gasteiger partial charge in [0.1, 0.15) is 0 Å². The average Bonchev–Trinajstić information content (AvgIpc) is 3.57. The van der Waals surface area contributed by atoms with Gasteiger partial charge in [0.2, 0.25) is 5.69 Å². The Morgan fingerprint density at radius 2 is 1.39 bits per heavy atom. The van der Waals surface area contributed by atoms with Crippen LogP contribution in [0.25, 0.3) is 38.7 Å². The number of oxazole rings is 1.